The molecule has 0 radical (unpaired) electrons. The third kappa shape index (κ3) is 5.54. The molecule has 0 unspecified atom stereocenters. The molecule has 2 aromatic carbocycles. The normalized spacial score (nSPS) is 12.7. The second-order valence-corrected chi connectivity index (χ2v) is 8.99. The van der Waals surface area contributed by atoms with E-state index in [9.17, 15) is 13.2 Å². The third-order valence-electron chi connectivity index (χ3n) is 3.82. The van der Waals surface area contributed by atoms with Gasteiger partial charge in [-0.15, -0.1) is 0 Å². The summed E-state index contributed by atoms with van der Waals surface area (Å²) in [4.78, 5) is 12.6. The number of sulfonamides is 1. The molecule has 6 nitrogen and oxygen atoms in total. The smallest absolute Gasteiger partial charge is 0.251 e. The van der Waals surface area contributed by atoms with Crippen LogP contribution in [0.2, 0.25) is 0 Å². The molecule has 0 aliphatic carbocycles. The van der Waals surface area contributed by atoms with E-state index in [1.807, 2.05) is 31.2 Å². The first-order valence-electron chi connectivity index (χ1n) is 8.40. The molecule has 0 aromatic heterocycles. The molecular weight excluding hydrogens is 432 g/mol. The Bertz CT molecular complexity index is 912. The molecule has 27 heavy (non-hydrogen) atoms. The second kappa shape index (κ2) is 8.86. The minimum atomic E-state index is -3.80. The summed E-state index contributed by atoms with van der Waals surface area (Å²) < 4.78 is 33.7. The van der Waals surface area contributed by atoms with Crippen LogP contribution in [0.25, 0.3) is 0 Å². The molecule has 2 aromatic rings. The number of hydrogen-bond acceptors (Lipinski definition) is 4. The molecule has 1 atom stereocenters. The highest BCUT2D eigenvalue weighted by atomic mass is 79.9. The maximum Gasteiger partial charge on any atom is 0.251 e. The number of nitrogens with one attached hydrogen (secondary N) is 2. The fourth-order valence-corrected chi connectivity index (χ4v) is 4.23. The Morgan fingerprint density at radius 2 is 1.70 bits per heavy atom. The summed E-state index contributed by atoms with van der Waals surface area (Å²) in [6.45, 7) is 5.31. The Morgan fingerprint density at radius 1 is 1.07 bits per heavy atom. The van der Waals surface area contributed by atoms with Gasteiger partial charge >= 0.3 is 0 Å². The summed E-state index contributed by atoms with van der Waals surface area (Å²) in [5.74, 6) is -0.185. The number of hydrogen-bond donors (Lipinski definition) is 2. The molecule has 1 amide bonds. The molecule has 8 heteroatoms. The Kier molecular flexibility index (Phi) is 7.02. The van der Waals surface area contributed by atoms with Gasteiger partial charge in [-0.1, -0.05) is 28.1 Å². The molecule has 0 aliphatic heterocycles. The van der Waals surface area contributed by atoms with Gasteiger partial charge in [0, 0.05) is 16.1 Å². The summed E-state index contributed by atoms with van der Waals surface area (Å²) in [7, 11) is -2.42. The van der Waals surface area contributed by atoms with Gasteiger partial charge in [-0.2, -0.15) is 0 Å². The van der Waals surface area contributed by atoms with E-state index in [4.69, 9.17) is 4.74 Å². The molecule has 0 heterocycles. The average molecular weight is 455 g/mol. The number of amides is 1. The number of carbonyl (C=O) groups excluding carboxylic acids is 1. The summed E-state index contributed by atoms with van der Waals surface area (Å²) in [6, 6.07) is 11.4. The van der Waals surface area contributed by atoms with Gasteiger partial charge < -0.3 is 10.1 Å². The number of benzene rings is 2. The van der Waals surface area contributed by atoms with E-state index in [1.165, 1.54) is 25.3 Å². The first kappa shape index (κ1) is 21.4. The van der Waals surface area contributed by atoms with E-state index in [0.29, 0.717) is 0 Å². The SMILES string of the molecule is COc1ccc(C(=O)N[C@@H](C)c2ccc(Br)cc2)cc1S(=O)(=O)NC(C)C. The van der Waals surface area contributed by atoms with E-state index in [2.05, 4.69) is 26.0 Å². The van der Waals surface area contributed by atoms with Crippen molar-refractivity contribution < 1.29 is 17.9 Å². The van der Waals surface area contributed by atoms with Crippen LogP contribution in [0.3, 0.4) is 0 Å². The largest absolute Gasteiger partial charge is 0.495 e. The van der Waals surface area contributed by atoms with Crippen LogP contribution in [0.5, 0.6) is 5.75 Å². The summed E-state index contributed by atoms with van der Waals surface area (Å²) in [6.07, 6.45) is 0. The van der Waals surface area contributed by atoms with Crippen molar-refractivity contribution in [2.75, 3.05) is 7.11 Å². The van der Waals surface area contributed by atoms with Gasteiger partial charge in [0.15, 0.2) is 0 Å². The topological polar surface area (TPSA) is 84.5 Å². The molecule has 0 fully saturated rings. The van der Waals surface area contributed by atoms with Gasteiger partial charge in [-0.25, -0.2) is 13.1 Å². The number of ether oxygens (including phenoxy) is 1. The first-order valence-corrected chi connectivity index (χ1v) is 10.7. The Labute approximate surface area is 168 Å². The quantitative estimate of drug-likeness (QED) is 0.668. The lowest BCUT2D eigenvalue weighted by atomic mass is 10.1. The van der Waals surface area contributed by atoms with Gasteiger partial charge in [0.05, 0.1) is 13.2 Å². The molecule has 2 rings (SSSR count). The van der Waals surface area contributed by atoms with Crippen LogP contribution < -0.4 is 14.8 Å². The Morgan fingerprint density at radius 3 is 2.26 bits per heavy atom. The second-order valence-electron chi connectivity index (χ2n) is 6.39. The van der Waals surface area contributed by atoms with Crippen LogP contribution >= 0.6 is 15.9 Å². The van der Waals surface area contributed by atoms with Crippen LogP contribution in [0, 0.1) is 0 Å². The summed E-state index contributed by atoms with van der Waals surface area (Å²) >= 11 is 3.38. The van der Waals surface area contributed by atoms with Gasteiger partial charge in [0.2, 0.25) is 10.0 Å². The molecular formula is C19H23BrN2O4S. The van der Waals surface area contributed by atoms with Crippen molar-refractivity contribution in [3.05, 3.63) is 58.1 Å². The first-order chi connectivity index (χ1) is 12.6. The highest BCUT2D eigenvalue weighted by Crippen LogP contribution is 2.25. The van der Waals surface area contributed by atoms with Crippen molar-refractivity contribution in [1.29, 1.82) is 0 Å². The van der Waals surface area contributed by atoms with Crippen molar-refractivity contribution in [2.24, 2.45) is 0 Å². The van der Waals surface area contributed by atoms with Crippen LogP contribution in [-0.2, 0) is 10.0 Å². The molecule has 0 aliphatic rings. The van der Waals surface area contributed by atoms with Crippen LogP contribution in [0.1, 0.15) is 42.7 Å². The molecule has 0 bridgehead atoms. The van der Waals surface area contributed by atoms with Crippen molar-refractivity contribution >= 4 is 31.9 Å². The van der Waals surface area contributed by atoms with E-state index >= 15 is 0 Å². The van der Waals surface area contributed by atoms with Gasteiger partial charge in [0.25, 0.3) is 5.91 Å². The van der Waals surface area contributed by atoms with Crippen molar-refractivity contribution in [3.63, 3.8) is 0 Å². The highest BCUT2D eigenvalue weighted by molar-refractivity contribution is 9.10. The van der Waals surface area contributed by atoms with Gasteiger partial charge in [-0.05, 0) is 56.7 Å². The lowest BCUT2D eigenvalue weighted by Crippen LogP contribution is -2.31. The number of methoxy groups -OCH3 is 1. The van der Waals surface area contributed by atoms with Crippen LogP contribution in [-0.4, -0.2) is 27.5 Å². The van der Waals surface area contributed by atoms with Crippen molar-refractivity contribution in [3.8, 4) is 5.75 Å². The fraction of sp³-hybridized carbons (Fsp3) is 0.316. The van der Waals surface area contributed by atoms with E-state index < -0.39 is 10.0 Å². The fourth-order valence-electron chi connectivity index (χ4n) is 2.52. The van der Waals surface area contributed by atoms with Crippen molar-refractivity contribution in [2.45, 2.75) is 37.8 Å². The number of carbonyl (C=O) groups is 1. The van der Waals surface area contributed by atoms with Gasteiger partial charge in [0.1, 0.15) is 10.6 Å². The Hall–Kier alpha value is -1.90. The zero-order valence-electron chi connectivity index (χ0n) is 15.6. The zero-order valence-corrected chi connectivity index (χ0v) is 18.0. The van der Waals surface area contributed by atoms with Crippen molar-refractivity contribution in [1.82, 2.24) is 10.0 Å². The molecule has 0 spiro atoms. The maximum atomic E-state index is 12.6. The predicted octanol–water partition coefficient (Wildman–Crippen LogP) is 3.64. The molecule has 146 valence electrons. The zero-order chi connectivity index (χ0) is 20.2. The molecule has 0 saturated heterocycles. The summed E-state index contributed by atoms with van der Waals surface area (Å²) in [5, 5.41) is 2.88. The predicted molar refractivity (Wildman–Crippen MR) is 108 cm³/mol. The highest BCUT2D eigenvalue weighted by Gasteiger charge is 2.23. The standard InChI is InChI=1S/C19H23BrN2O4S/c1-12(2)22-27(24,25)18-11-15(7-10-17(18)26-4)19(23)21-13(3)14-5-8-16(20)9-6-14/h5-13,22H,1-4H3,(H,21,23)/t13-/m0/s1. The molecule has 0 saturated carbocycles. The Balaban J connectivity index is 2.28. The monoisotopic (exact) mass is 454 g/mol. The van der Waals surface area contributed by atoms with E-state index in [1.54, 1.807) is 13.8 Å². The lowest BCUT2D eigenvalue weighted by molar-refractivity contribution is 0.0939. The minimum Gasteiger partial charge on any atom is -0.495 e. The van der Waals surface area contributed by atoms with Gasteiger partial charge in [-0.3, -0.25) is 4.79 Å². The summed E-state index contributed by atoms with van der Waals surface area (Å²) in [5.41, 5.74) is 1.18. The number of rotatable bonds is 7. The van der Waals surface area contributed by atoms with Crippen LogP contribution in [0.15, 0.2) is 51.8 Å². The lowest BCUT2D eigenvalue weighted by Gasteiger charge is -2.16. The number of halogens is 1. The van der Waals surface area contributed by atoms with Crippen LogP contribution in [0.4, 0.5) is 0 Å². The van der Waals surface area contributed by atoms with E-state index in [-0.39, 0.29) is 34.2 Å². The maximum absolute atomic E-state index is 12.6. The third-order valence-corrected chi connectivity index (χ3v) is 6.03. The van der Waals surface area contributed by atoms with E-state index in [0.717, 1.165) is 10.0 Å². The average Bonchev–Trinajstić information content (AvgIpc) is 2.60. The molecule has 2 N–H and O–H groups in total. The minimum absolute atomic E-state index is 0.0670.